The van der Waals surface area contributed by atoms with E-state index in [1.807, 2.05) is 48.8 Å². The molecule has 1 atom stereocenters. The Morgan fingerprint density at radius 1 is 1.11 bits per heavy atom. The molecule has 0 spiro atoms. The number of nitrogens with zero attached hydrogens (tertiary/aromatic N) is 2. The maximum absolute atomic E-state index is 12.8. The van der Waals surface area contributed by atoms with Crippen molar-refractivity contribution >= 4 is 46.3 Å². The number of H-pyrrole nitrogens is 1. The number of rotatable bonds is 3. The van der Waals surface area contributed by atoms with E-state index < -0.39 is 11.9 Å². The van der Waals surface area contributed by atoms with Crippen LogP contribution < -0.4 is 4.31 Å². The summed E-state index contributed by atoms with van der Waals surface area (Å²) < 4.78 is 2.16. The van der Waals surface area contributed by atoms with E-state index >= 15 is 0 Å². The second-order valence-electron chi connectivity index (χ2n) is 5.99. The van der Waals surface area contributed by atoms with Gasteiger partial charge >= 0.3 is 11.9 Å². The Kier molecular flexibility index (Phi) is 5.95. The second-order valence-corrected chi connectivity index (χ2v) is 7.02. The molecule has 1 aromatic carbocycles. The number of carbonyl (C=O) groups is 3. The zero-order chi connectivity index (χ0) is 20.1. The number of carbonyl (C=O) groups excluding carboxylic acids is 1. The minimum Gasteiger partial charge on any atom is -0.473 e. The van der Waals surface area contributed by atoms with E-state index in [1.165, 1.54) is 0 Å². The van der Waals surface area contributed by atoms with Gasteiger partial charge in [0.15, 0.2) is 5.78 Å². The maximum atomic E-state index is 12.8. The first-order valence-corrected chi connectivity index (χ1v) is 9.28. The average Bonchev–Trinajstić information content (AvgIpc) is 3.36. The van der Waals surface area contributed by atoms with Crippen LogP contribution in [0.3, 0.4) is 0 Å². The van der Waals surface area contributed by atoms with E-state index in [1.54, 1.807) is 18.1 Å². The number of aromatic amines is 1. The van der Waals surface area contributed by atoms with Crippen LogP contribution in [-0.4, -0.2) is 50.2 Å². The molecule has 9 heteroatoms. The molecule has 1 unspecified atom stereocenters. The number of nitrogens with one attached hydrogen (secondary N) is 1. The summed E-state index contributed by atoms with van der Waals surface area (Å²) in [5, 5.41) is 15.8. The van der Waals surface area contributed by atoms with Crippen molar-refractivity contribution in [3.05, 3.63) is 60.6 Å². The summed E-state index contributed by atoms with van der Waals surface area (Å²) in [5.41, 5.74) is 2.87. The number of para-hydroxylation sites is 1. The third-order valence-electron chi connectivity index (χ3n) is 4.16. The van der Waals surface area contributed by atoms with Crippen LogP contribution in [0.4, 0.5) is 5.69 Å². The van der Waals surface area contributed by atoms with Crippen LogP contribution >= 0.6 is 11.9 Å². The number of aliphatic carboxylic acids is 2. The van der Waals surface area contributed by atoms with Gasteiger partial charge in [-0.1, -0.05) is 18.2 Å². The Morgan fingerprint density at radius 3 is 2.54 bits per heavy atom. The molecule has 4 rings (SSSR count). The molecule has 0 aliphatic carbocycles. The number of carboxylic acid groups (broad SMARTS) is 2. The zero-order valence-corrected chi connectivity index (χ0v) is 15.4. The molecule has 28 heavy (non-hydrogen) atoms. The molecule has 1 saturated heterocycles. The molecule has 1 aliphatic rings. The van der Waals surface area contributed by atoms with Crippen LogP contribution in [0.5, 0.6) is 0 Å². The fraction of sp³-hybridized carbons (Fsp3) is 0.158. The Balaban J connectivity index is 0.000000330. The van der Waals surface area contributed by atoms with Gasteiger partial charge in [0.05, 0.1) is 17.8 Å². The van der Waals surface area contributed by atoms with Gasteiger partial charge in [0.25, 0.3) is 0 Å². The van der Waals surface area contributed by atoms with Crippen molar-refractivity contribution < 1.29 is 24.6 Å². The smallest absolute Gasteiger partial charge is 0.414 e. The van der Waals surface area contributed by atoms with Crippen LogP contribution in [0.2, 0.25) is 0 Å². The summed E-state index contributed by atoms with van der Waals surface area (Å²) in [6.07, 6.45) is 5.44. The van der Waals surface area contributed by atoms with Crippen LogP contribution in [0.1, 0.15) is 10.4 Å². The number of hydrogen-bond donors (Lipinski definition) is 3. The van der Waals surface area contributed by atoms with Crippen molar-refractivity contribution in [3.63, 3.8) is 0 Å². The van der Waals surface area contributed by atoms with Crippen LogP contribution in [0.25, 0.3) is 10.9 Å². The summed E-state index contributed by atoms with van der Waals surface area (Å²) in [6, 6.07) is 11.9. The van der Waals surface area contributed by atoms with E-state index in [9.17, 15) is 4.79 Å². The van der Waals surface area contributed by atoms with Gasteiger partial charge in [-0.05, 0) is 30.1 Å². The van der Waals surface area contributed by atoms with E-state index in [-0.39, 0.29) is 11.7 Å². The molecule has 3 aromatic rings. The lowest BCUT2D eigenvalue weighted by Gasteiger charge is -2.15. The first-order valence-electron chi connectivity index (χ1n) is 8.34. The minimum atomic E-state index is -1.82. The Bertz CT molecular complexity index is 993. The standard InChI is InChI=1S/C17H15N3OS.C2H2O4/c21-17(15-9-19-16-6-2-1-5-14(15)16)12-10-20(22-11-12)13-4-3-7-18-8-13;3-1(4)2(5)6/h1-9,12,19H,10-11H2;(H,3,4)(H,5,6). The largest absolute Gasteiger partial charge is 0.473 e. The Labute approximate surface area is 164 Å². The van der Waals surface area contributed by atoms with Gasteiger partial charge in [-0.2, -0.15) is 0 Å². The van der Waals surface area contributed by atoms with Crippen molar-refractivity contribution in [2.45, 2.75) is 0 Å². The van der Waals surface area contributed by atoms with Crippen LogP contribution in [-0.2, 0) is 9.59 Å². The van der Waals surface area contributed by atoms with Gasteiger partial charge in [-0.3, -0.25) is 9.78 Å². The molecular formula is C19H17N3O5S. The lowest BCUT2D eigenvalue weighted by molar-refractivity contribution is -0.159. The highest BCUT2D eigenvalue weighted by atomic mass is 32.2. The second kappa shape index (κ2) is 8.57. The molecule has 3 N–H and O–H groups in total. The van der Waals surface area contributed by atoms with Crippen LogP contribution in [0.15, 0.2) is 55.0 Å². The molecule has 2 aromatic heterocycles. The lowest BCUT2D eigenvalue weighted by atomic mass is 9.98. The minimum absolute atomic E-state index is 0.0180. The van der Waals surface area contributed by atoms with Crippen molar-refractivity contribution in [1.29, 1.82) is 0 Å². The molecule has 0 amide bonds. The number of hydrogen-bond acceptors (Lipinski definition) is 6. The number of fused-ring (bicyclic) bond motifs is 1. The molecule has 3 heterocycles. The summed E-state index contributed by atoms with van der Waals surface area (Å²) in [7, 11) is 0. The number of ketones is 1. The fourth-order valence-corrected chi connectivity index (χ4v) is 3.98. The fourth-order valence-electron chi connectivity index (χ4n) is 2.82. The van der Waals surface area contributed by atoms with Crippen molar-refractivity contribution in [1.82, 2.24) is 9.97 Å². The van der Waals surface area contributed by atoms with Crippen molar-refractivity contribution in [2.75, 3.05) is 16.6 Å². The molecule has 1 fully saturated rings. The highest BCUT2D eigenvalue weighted by Gasteiger charge is 2.31. The van der Waals surface area contributed by atoms with Gasteiger partial charge in [0.1, 0.15) is 0 Å². The Morgan fingerprint density at radius 2 is 1.86 bits per heavy atom. The highest BCUT2D eigenvalue weighted by molar-refractivity contribution is 8.00. The van der Waals surface area contributed by atoms with Crippen LogP contribution in [0, 0.1) is 5.92 Å². The molecule has 0 bridgehead atoms. The third kappa shape index (κ3) is 4.32. The lowest BCUT2D eigenvalue weighted by Crippen LogP contribution is -2.21. The molecular weight excluding hydrogens is 382 g/mol. The summed E-state index contributed by atoms with van der Waals surface area (Å²) in [6.45, 7) is 0.731. The van der Waals surface area contributed by atoms with E-state index in [0.29, 0.717) is 0 Å². The topological polar surface area (TPSA) is 124 Å². The molecule has 144 valence electrons. The quantitative estimate of drug-likeness (QED) is 0.349. The van der Waals surface area contributed by atoms with Crippen molar-refractivity contribution in [2.24, 2.45) is 5.92 Å². The predicted molar refractivity (Wildman–Crippen MR) is 105 cm³/mol. The molecule has 8 nitrogen and oxygen atoms in total. The van der Waals surface area contributed by atoms with Gasteiger partial charge in [0.2, 0.25) is 0 Å². The van der Waals surface area contributed by atoms with Gasteiger partial charge in [-0.25, -0.2) is 9.59 Å². The normalized spacial score (nSPS) is 15.7. The van der Waals surface area contributed by atoms with E-state index in [2.05, 4.69) is 14.3 Å². The van der Waals surface area contributed by atoms with E-state index in [0.717, 1.165) is 34.5 Å². The number of aromatic nitrogens is 2. The van der Waals surface area contributed by atoms with E-state index in [4.69, 9.17) is 19.8 Å². The average molecular weight is 399 g/mol. The van der Waals surface area contributed by atoms with Gasteiger partial charge in [0, 0.05) is 41.2 Å². The summed E-state index contributed by atoms with van der Waals surface area (Å²) in [4.78, 5) is 38.4. The first kappa shape index (κ1) is 19.4. The number of benzene rings is 1. The summed E-state index contributed by atoms with van der Waals surface area (Å²) in [5.74, 6) is -2.60. The Hall–Kier alpha value is -3.33. The monoisotopic (exact) mass is 399 g/mol. The molecule has 0 radical (unpaired) electrons. The maximum Gasteiger partial charge on any atom is 0.414 e. The number of anilines is 1. The van der Waals surface area contributed by atoms with Crippen molar-refractivity contribution in [3.8, 4) is 0 Å². The zero-order valence-electron chi connectivity index (χ0n) is 14.6. The SMILES string of the molecule is O=C(O)C(=O)O.O=C(c1c[nH]c2ccccc12)C1CSN(c2cccnc2)C1. The number of pyridine rings is 1. The number of carboxylic acids is 2. The third-order valence-corrected chi connectivity index (χ3v) is 5.38. The number of Topliss-reactive ketones (excluding diaryl/α,β-unsaturated/α-hetero) is 1. The highest BCUT2D eigenvalue weighted by Crippen LogP contribution is 2.33. The predicted octanol–water partition coefficient (Wildman–Crippen LogP) is 2.69. The van der Waals surface area contributed by atoms with Gasteiger partial charge in [-0.15, -0.1) is 0 Å². The first-order chi connectivity index (χ1) is 13.5. The molecule has 1 aliphatic heterocycles. The summed E-state index contributed by atoms with van der Waals surface area (Å²) >= 11 is 1.70. The van der Waals surface area contributed by atoms with Gasteiger partial charge < -0.3 is 19.5 Å². The molecule has 0 saturated carbocycles.